The minimum absolute atomic E-state index is 0.0643. The van der Waals surface area contributed by atoms with E-state index < -0.39 is 22.5 Å². The molecule has 1 aromatic heterocycles. The molecular formula is C17H10Cl2F3N3O. The molecule has 4 nitrogen and oxygen atoms in total. The largest absolute Gasteiger partial charge is 0.417 e. The van der Waals surface area contributed by atoms with E-state index in [2.05, 4.69) is 10.2 Å². The van der Waals surface area contributed by atoms with Gasteiger partial charge in [0.2, 0.25) is 0 Å². The van der Waals surface area contributed by atoms with Crippen LogP contribution in [0.5, 0.6) is 0 Å². The molecule has 0 bridgehead atoms. The van der Waals surface area contributed by atoms with Gasteiger partial charge in [0.05, 0.1) is 28.0 Å². The number of hydrogen-bond donors (Lipinski definition) is 2. The highest BCUT2D eigenvalue weighted by Crippen LogP contribution is 2.37. The lowest BCUT2D eigenvalue weighted by Gasteiger charge is -2.11. The van der Waals surface area contributed by atoms with Gasteiger partial charge in [-0.15, -0.1) is 0 Å². The number of nitrogens with two attached hydrogens (primary N) is 1. The van der Waals surface area contributed by atoms with E-state index in [1.165, 1.54) is 30.5 Å². The molecule has 0 spiro atoms. The topological polar surface area (TPSA) is 71.8 Å². The number of nitrogen functional groups attached to an aromatic ring is 1. The van der Waals surface area contributed by atoms with E-state index in [4.69, 9.17) is 28.9 Å². The van der Waals surface area contributed by atoms with E-state index in [0.29, 0.717) is 5.02 Å². The molecule has 0 aliphatic rings. The van der Waals surface area contributed by atoms with Crippen LogP contribution in [0.3, 0.4) is 0 Å². The van der Waals surface area contributed by atoms with Gasteiger partial charge in [-0.2, -0.15) is 18.3 Å². The third-order valence-electron chi connectivity index (χ3n) is 3.70. The summed E-state index contributed by atoms with van der Waals surface area (Å²) in [6.45, 7) is 0. The SMILES string of the molecule is Nc1ccc(Cl)cc1C(=O)c1cn[nH]c1-c1ccc(Cl)c(C(F)(F)F)c1. The molecule has 0 saturated heterocycles. The number of aromatic nitrogens is 2. The van der Waals surface area contributed by atoms with E-state index in [9.17, 15) is 18.0 Å². The van der Waals surface area contributed by atoms with Crippen molar-refractivity contribution in [1.82, 2.24) is 10.2 Å². The number of carbonyl (C=O) groups is 1. The number of rotatable bonds is 3. The van der Waals surface area contributed by atoms with E-state index in [0.717, 1.165) is 12.1 Å². The molecule has 2 aromatic carbocycles. The van der Waals surface area contributed by atoms with Crippen molar-refractivity contribution in [2.24, 2.45) is 0 Å². The molecule has 134 valence electrons. The lowest BCUT2D eigenvalue weighted by molar-refractivity contribution is -0.137. The summed E-state index contributed by atoms with van der Waals surface area (Å²) in [4.78, 5) is 12.8. The molecule has 0 aliphatic carbocycles. The Morgan fingerprint density at radius 2 is 1.81 bits per heavy atom. The van der Waals surface area contributed by atoms with Gasteiger partial charge in [-0.1, -0.05) is 29.3 Å². The molecule has 1 heterocycles. The number of nitrogens with zero attached hydrogens (tertiary/aromatic N) is 1. The molecule has 0 amide bonds. The fraction of sp³-hybridized carbons (Fsp3) is 0.0588. The number of hydrogen-bond acceptors (Lipinski definition) is 3. The van der Waals surface area contributed by atoms with Crippen LogP contribution in [-0.4, -0.2) is 16.0 Å². The van der Waals surface area contributed by atoms with Gasteiger partial charge in [0.15, 0.2) is 5.78 Å². The van der Waals surface area contributed by atoms with Crippen LogP contribution in [0.2, 0.25) is 10.0 Å². The highest BCUT2D eigenvalue weighted by molar-refractivity contribution is 6.32. The van der Waals surface area contributed by atoms with E-state index in [1.807, 2.05) is 0 Å². The van der Waals surface area contributed by atoms with E-state index in [-0.39, 0.29) is 28.1 Å². The summed E-state index contributed by atoms with van der Waals surface area (Å²) >= 11 is 11.5. The second-order valence-electron chi connectivity index (χ2n) is 5.41. The summed E-state index contributed by atoms with van der Waals surface area (Å²) in [5.74, 6) is -0.516. The first-order valence-electron chi connectivity index (χ1n) is 7.18. The Bertz CT molecular complexity index is 999. The van der Waals surface area contributed by atoms with Gasteiger partial charge in [0, 0.05) is 21.8 Å². The molecular weight excluding hydrogens is 390 g/mol. The summed E-state index contributed by atoms with van der Waals surface area (Å²) in [7, 11) is 0. The summed E-state index contributed by atoms with van der Waals surface area (Å²) in [5.41, 5.74) is 5.43. The third-order valence-corrected chi connectivity index (χ3v) is 4.27. The number of nitrogens with one attached hydrogen (secondary N) is 1. The number of halogens is 5. The lowest BCUT2D eigenvalue weighted by Crippen LogP contribution is -2.08. The minimum atomic E-state index is -4.63. The first-order valence-corrected chi connectivity index (χ1v) is 7.94. The maximum Gasteiger partial charge on any atom is 0.417 e. The van der Waals surface area contributed by atoms with Crippen molar-refractivity contribution < 1.29 is 18.0 Å². The Balaban J connectivity index is 2.10. The fourth-order valence-electron chi connectivity index (χ4n) is 2.45. The van der Waals surface area contributed by atoms with Gasteiger partial charge in [-0.3, -0.25) is 9.89 Å². The lowest BCUT2D eigenvalue weighted by atomic mass is 9.98. The van der Waals surface area contributed by atoms with Gasteiger partial charge in [0.1, 0.15) is 0 Å². The summed E-state index contributed by atoms with van der Waals surface area (Å²) in [6.07, 6.45) is -3.41. The first-order chi connectivity index (χ1) is 12.2. The molecule has 26 heavy (non-hydrogen) atoms. The number of carbonyl (C=O) groups excluding carboxylic acids is 1. The first kappa shape index (κ1) is 18.3. The van der Waals surface area contributed by atoms with Gasteiger partial charge >= 0.3 is 6.18 Å². The van der Waals surface area contributed by atoms with Crippen LogP contribution in [0.25, 0.3) is 11.3 Å². The Hall–Kier alpha value is -2.51. The van der Waals surface area contributed by atoms with Gasteiger partial charge in [-0.25, -0.2) is 0 Å². The van der Waals surface area contributed by atoms with Crippen LogP contribution >= 0.6 is 23.2 Å². The van der Waals surface area contributed by atoms with Crippen LogP contribution in [0.1, 0.15) is 21.5 Å². The fourth-order valence-corrected chi connectivity index (χ4v) is 2.84. The number of H-pyrrole nitrogens is 1. The highest BCUT2D eigenvalue weighted by Gasteiger charge is 2.34. The molecule has 9 heteroatoms. The van der Waals surface area contributed by atoms with Crippen molar-refractivity contribution in [1.29, 1.82) is 0 Å². The summed E-state index contributed by atoms with van der Waals surface area (Å²) in [6, 6.07) is 7.72. The highest BCUT2D eigenvalue weighted by atomic mass is 35.5. The zero-order valence-electron chi connectivity index (χ0n) is 12.9. The van der Waals surface area contributed by atoms with Gasteiger partial charge in [0.25, 0.3) is 0 Å². The number of anilines is 1. The van der Waals surface area contributed by atoms with Crippen molar-refractivity contribution >= 4 is 34.7 Å². The van der Waals surface area contributed by atoms with Crippen molar-refractivity contribution in [2.45, 2.75) is 6.18 Å². The smallest absolute Gasteiger partial charge is 0.398 e. The average molecular weight is 400 g/mol. The number of benzene rings is 2. The predicted molar refractivity (Wildman–Crippen MR) is 93.3 cm³/mol. The monoisotopic (exact) mass is 399 g/mol. The Labute approximate surface area is 155 Å². The van der Waals surface area contributed by atoms with Crippen LogP contribution < -0.4 is 5.73 Å². The Morgan fingerprint density at radius 1 is 1.08 bits per heavy atom. The van der Waals surface area contributed by atoms with Crippen molar-refractivity contribution in [3.8, 4) is 11.3 Å². The minimum Gasteiger partial charge on any atom is -0.398 e. The van der Waals surface area contributed by atoms with E-state index in [1.54, 1.807) is 0 Å². The molecule has 0 aliphatic heterocycles. The number of alkyl halides is 3. The van der Waals surface area contributed by atoms with E-state index >= 15 is 0 Å². The Morgan fingerprint density at radius 3 is 2.50 bits per heavy atom. The standard InChI is InChI=1S/C17H10Cl2F3N3O/c18-9-2-4-14(23)10(6-9)16(26)11-7-24-25-15(11)8-1-3-13(19)12(5-8)17(20,21)22/h1-7H,23H2,(H,24,25). The number of ketones is 1. The van der Waals surface area contributed by atoms with Crippen LogP contribution in [0, 0.1) is 0 Å². The molecule has 0 atom stereocenters. The molecule has 3 rings (SSSR count). The van der Waals surface area contributed by atoms with Crippen molar-refractivity contribution in [3.63, 3.8) is 0 Å². The van der Waals surface area contributed by atoms with Crippen molar-refractivity contribution in [2.75, 3.05) is 5.73 Å². The Kier molecular flexibility index (Phi) is 4.68. The molecule has 3 N–H and O–H groups in total. The molecule has 0 unspecified atom stereocenters. The molecule has 3 aromatic rings. The van der Waals surface area contributed by atoms with Gasteiger partial charge in [-0.05, 0) is 30.3 Å². The van der Waals surface area contributed by atoms with Crippen LogP contribution in [0.4, 0.5) is 18.9 Å². The second kappa shape index (κ2) is 6.66. The normalized spacial score (nSPS) is 11.6. The maximum absolute atomic E-state index is 13.1. The predicted octanol–water partition coefficient (Wildman–Crippen LogP) is 5.22. The molecule has 0 fully saturated rings. The van der Waals surface area contributed by atoms with Crippen LogP contribution in [-0.2, 0) is 6.18 Å². The van der Waals surface area contributed by atoms with Crippen LogP contribution in [0.15, 0.2) is 42.6 Å². The molecule has 0 saturated carbocycles. The molecule has 0 radical (unpaired) electrons. The number of aromatic amines is 1. The average Bonchev–Trinajstić information content (AvgIpc) is 3.05. The zero-order valence-corrected chi connectivity index (χ0v) is 14.4. The third kappa shape index (κ3) is 3.40. The van der Waals surface area contributed by atoms with Crippen molar-refractivity contribution in [3.05, 3.63) is 69.3 Å². The summed E-state index contributed by atoms with van der Waals surface area (Å²) in [5, 5.41) is 6.19. The van der Waals surface area contributed by atoms with Gasteiger partial charge < -0.3 is 5.73 Å². The quantitative estimate of drug-likeness (QED) is 0.468. The second-order valence-corrected chi connectivity index (χ2v) is 6.26. The zero-order chi connectivity index (χ0) is 19.1. The maximum atomic E-state index is 13.1. The summed E-state index contributed by atoms with van der Waals surface area (Å²) < 4.78 is 39.3.